The Morgan fingerprint density at radius 1 is 1.23 bits per heavy atom. The third kappa shape index (κ3) is 4.51. The van der Waals surface area contributed by atoms with E-state index < -0.39 is 30.0 Å². The molecule has 1 spiro atoms. The Balaban J connectivity index is 2.03. The highest BCUT2D eigenvalue weighted by Crippen LogP contribution is 2.33. The molecular weight excluding hydrogens is 342 g/mol. The standard InChI is InChI=1S/C17H27N3O6/c1-3-26-14(22)12-19(9-10-25-2)13(21)11-20-15(23)17(18-16(20)24)7-5-4-6-8-17/h3-12H2,1-2H3,(H,18,24). The molecular formula is C17H27N3O6. The lowest BCUT2D eigenvalue weighted by molar-refractivity contribution is -0.150. The minimum atomic E-state index is -0.867. The van der Waals surface area contributed by atoms with Crippen molar-refractivity contribution in [3.8, 4) is 0 Å². The molecule has 2 aliphatic rings. The molecule has 4 amide bonds. The number of esters is 1. The molecule has 146 valence electrons. The van der Waals surface area contributed by atoms with E-state index in [-0.39, 0.29) is 32.2 Å². The van der Waals surface area contributed by atoms with Crippen molar-refractivity contribution < 1.29 is 28.7 Å². The van der Waals surface area contributed by atoms with E-state index in [2.05, 4.69) is 5.32 Å². The van der Waals surface area contributed by atoms with E-state index in [0.717, 1.165) is 24.2 Å². The molecule has 2 fully saturated rings. The van der Waals surface area contributed by atoms with Gasteiger partial charge in [-0.15, -0.1) is 0 Å². The van der Waals surface area contributed by atoms with E-state index in [1.165, 1.54) is 12.0 Å². The van der Waals surface area contributed by atoms with Crippen LogP contribution in [0.25, 0.3) is 0 Å². The number of imide groups is 1. The first-order chi connectivity index (χ1) is 12.4. The van der Waals surface area contributed by atoms with Crippen LogP contribution in [0.5, 0.6) is 0 Å². The molecule has 0 unspecified atom stereocenters. The number of ether oxygens (including phenoxy) is 2. The van der Waals surface area contributed by atoms with E-state index >= 15 is 0 Å². The van der Waals surface area contributed by atoms with Gasteiger partial charge in [0.1, 0.15) is 18.6 Å². The molecule has 2 rings (SSSR count). The summed E-state index contributed by atoms with van der Waals surface area (Å²) in [5.41, 5.74) is -0.867. The summed E-state index contributed by atoms with van der Waals surface area (Å²) in [6.07, 6.45) is 3.97. The number of rotatable bonds is 8. The van der Waals surface area contributed by atoms with E-state index in [1.807, 2.05) is 0 Å². The normalized spacial score (nSPS) is 18.8. The number of urea groups is 1. The Bertz CT molecular complexity index is 559. The molecule has 0 atom stereocenters. The zero-order valence-corrected chi connectivity index (χ0v) is 15.4. The topological polar surface area (TPSA) is 105 Å². The average Bonchev–Trinajstić information content (AvgIpc) is 2.83. The summed E-state index contributed by atoms with van der Waals surface area (Å²) < 4.78 is 9.83. The predicted molar refractivity (Wildman–Crippen MR) is 91.1 cm³/mol. The van der Waals surface area contributed by atoms with E-state index in [9.17, 15) is 19.2 Å². The van der Waals surface area contributed by atoms with Gasteiger partial charge in [0.15, 0.2) is 0 Å². The number of carbonyl (C=O) groups is 4. The van der Waals surface area contributed by atoms with Gasteiger partial charge in [-0.25, -0.2) is 4.79 Å². The largest absolute Gasteiger partial charge is 0.465 e. The number of carbonyl (C=O) groups excluding carboxylic acids is 4. The van der Waals surface area contributed by atoms with Crippen molar-refractivity contribution in [2.45, 2.75) is 44.6 Å². The Morgan fingerprint density at radius 3 is 2.54 bits per heavy atom. The van der Waals surface area contributed by atoms with Crippen LogP contribution in [0.1, 0.15) is 39.0 Å². The van der Waals surface area contributed by atoms with E-state index in [4.69, 9.17) is 9.47 Å². The van der Waals surface area contributed by atoms with Crippen molar-refractivity contribution in [3.63, 3.8) is 0 Å². The van der Waals surface area contributed by atoms with E-state index in [0.29, 0.717) is 12.8 Å². The minimum Gasteiger partial charge on any atom is -0.465 e. The van der Waals surface area contributed by atoms with Crippen molar-refractivity contribution in [2.75, 3.05) is 40.0 Å². The van der Waals surface area contributed by atoms with Gasteiger partial charge >= 0.3 is 12.0 Å². The van der Waals surface area contributed by atoms with Crippen LogP contribution in [0.3, 0.4) is 0 Å². The van der Waals surface area contributed by atoms with Crippen LogP contribution >= 0.6 is 0 Å². The van der Waals surface area contributed by atoms with Gasteiger partial charge in [-0.05, 0) is 19.8 Å². The molecule has 9 heteroatoms. The van der Waals surface area contributed by atoms with Gasteiger partial charge in [-0.3, -0.25) is 19.3 Å². The predicted octanol–water partition coefficient (Wildman–Crippen LogP) is 0.279. The van der Waals surface area contributed by atoms with Gasteiger partial charge in [-0.1, -0.05) is 19.3 Å². The van der Waals surface area contributed by atoms with Crippen LogP contribution in [-0.4, -0.2) is 79.1 Å². The van der Waals surface area contributed by atoms with Crippen molar-refractivity contribution in [1.29, 1.82) is 0 Å². The highest BCUT2D eigenvalue weighted by Gasteiger charge is 2.51. The van der Waals surface area contributed by atoms with Crippen LogP contribution in [0.4, 0.5) is 4.79 Å². The molecule has 9 nitrogen and oxygen atoms in total. The Kier molecular flexibility index (Phi) is 6.96. The van der Waals surface area contributed by atoms with Crippen LogP contribution in [0.15, 0.2) is 0 Å². The second-order valence-electron chi connectivity index (χ2n) is 6.58. The smallest absolute Gasteiger partial charge is 0.325 e. The maximum absolute atomic E-state index is 12.7. The summed E-state index contributed by atoms with van der Waals surface area (Å²) in [6, 6.07) is -0.548. The van der Waals surface area contributed by atoms with Crippen LogP contribution in [0.2, 0.25) is 0 Å². The number of nitrogens with zero attached hydrogens (tertiary/aromatic N) is 2. The van der Waals surface area contributed by atoms with Gasteiger partial charge in [0.25, 0.3) is 5.91 Å². The Labute approximate surface area is 153 Å². The molecule has 26 heavy (non-hydrogen) atoms. The lowest BCUT2D eigenvalue weighted by Gasteiger charge is -2.30. The first-order valence-electron chi connectivity index (χ1n) is 9.00. The molecule has 1 aliphatic heterocycles. The molecule has 0 aromatic heterocycles. The molecule has 0 bridgehead atoms. The van der Waals surface area contributed by atoms with Crippen molar-refractivity contribution in [2.24, 2.45) is 0 Å². The van der Waals surface area contributed by atoms with Gasteiger partial charge in [0, 0.05) is 13.7 Å². The van der Waals surface area contributed by atoms with Gasteiger partial charge < -0.3 is 19.7 Å². The first kappa shape index (κ1) is 20.2. The molecule has 1 aliphatic carbocycles. The third-order valence-electron chi connectivity index (χ3n) is 4.79. The second kappa shape index (κ2) is 8.98. The van der Waals surface area contributed by atoms with Gasteiger partial charge in [-0.2, -0.15) is 0 Å². The Hall–Kier alpha value is -2.16. The summed E-state index contributed by atoms with van der Waals surface area (Å²) in [6.45, 7) is 1.65. The van der Waals surface area contributed by atoms with Crippen LogP contribution < -0.4 is 5.32 Å². The summed E-state index contributed by atoms with van der Waals surface area (Å²) in [5.74, 6) is -1.39. The average molecular weight is 369 g/mol. The fourth-order valence-electron chi connectivity index (χ4n) is 3.41. The molecule has 1 saturated carbocycles. The number of hydrogen-bond donors (Lipinski definition) is 1. The number of nitrogens with one attached hydrogen (secondary N) is 1. The molecule has 0 aromatic carbocycles. The maximum Gasteiger partial charge on any atom is 0.325 e. The zero-order valence-electron chi connectivity index (χ0n) is 15.4. The summed E-state index contributed by atoms with van der Waals surface area (Å²) in [4.78, 5) is 51.5. The highest BCUT2D eigenvalue weighted by atomic mass is 16.5. The lowest BCUT2D eigenvalue weighted by Crippen LogP contribution is -2.49. The SMILES string of the molecule is CCOC(=O)CN(CCOC)C(=O)CN1C(=O)NC2(CCCCC2)C1=O. The van der Waals surface area contributed by atoms with Gasteiger partial charge in [0.05, 0.1) is 13.2 Å². The first-order valence-corrected chi connectivity index (χ1v) is 9.00. The lowest BCUT2D eigenvalue weighted by atomic mass is 9.82. The fourth-order valence-corrected chi connectivity index (χ4v) is 3.41. The molecule has 1 heterocycles. The van der Waals surface area contributed by atoms with Crippen molar-refractivity contribution in [3.05, 3.63) is 0 Å². The minimum absolute atomic E-state index is 0.170. The summed E-state index contributed by atoms with van der Waals surface area (Å²) in [5, 5.41) is 2.77. The van der Waals surface area contributed by atoms with Gasteiger partial charge in [0.2, 0.25) is 5.91 Å². The summed E-state index contributed by atoms with van der Waals surface area (Å²) in [7, 11) is 1.48. The van der Waals surface area contributed by atoms with E-state index in [1.54, 1.807) is 6.92 Å². The van der Waals surface area contributed by atoms with Crippen molar-refractivity contribution in [1.82, 2.24) is 15.1 Å². The fraction of sp³-hybridized carbons (Fsp3) is 0.765. The highest BCUT2D eigenvalue weighted by molar-refractivity contribution is 6.09. The molecule has 1 saturated heterocycles. The monoisotopic (exact) mass is 369 g/mol. The molecule has 0 aromatic rings. The summed E-state index contributed by atoms with van der Waals surface area (Å²) >= 11 is 0. The number of hydrogen-bond acceptors (Lipinski definition) is 6. The second-order valence-corrected chi connectivity index (χ2v) is 6.58. The van der Waals surface area contributed by atoms with Crippen LogP contribution in [-0.2, 0) is 23.9 Å². The molecule has 0 radical (unpaired) electrons. The van der Waals surface area contributed by atoms with Crippen LogP contribution in [0, 0.1) is 0 Å². The maximum atomic E-state index is 12.7. The quantitative estimate of drug-likeness (QED) is 0.487. The number of methoxy groups -OCH3 is 1. The zero-order chi connectivity index (χ0) is 19.2. The Morgan fingerprint density at radius 2 is 1.92 bits per heavy atom. The molecule has 1 N–H and O–H groups in total. The third-order valence-corrected chi connectivity index (χ3v) is 4.79. The number of amides is 4. The van der Waals surface area contributed by atoms with Crippen molar-refractivity contribution >= 4 is 23.8 Å².